The van der Waals surface area contributed by atoms with E-state index >= 15 is 0 Å². The van der Waals surface area contributed by atoms with Crippen molar-refractivity contribution in [1.82, 2.24) is 10.1 Å². The molecule has 0 bridgehead atoms. The quantitative estimate of drug-likeness (QED) is 0.620. The van der Waals surface area contributed by atoms with Crippen LogP contribution in [0.4, 0.5) is 0 Å². The summed E-state index contributed by atoms with van der Waals surface area (Å²) in [5, 5.41) is 3.87. The Bertz CT molecular complexity index is 234. The van der Waals surface area contributed by atoms with Crippen LogP contribution in [0.3, 0.4) is 0 Å². The molecular formula is C8H14N2O. The summed E-state index contributed by atoms with van der Waals surface area (Å²) in [5.74, 6) is 1.50. The lowest BCUT2D eigenvalue weighted by Gasteiger charge is -2.10. The first-order valence-corrected chi connectivity index (χ1v) is 3.87. The minimum absolute atomic E-state index is 0.00306. The molecule has 0 atom stereocenters. The van der Waals surface area contributed by atoms with Crippen molar-refractivity contribution in [2.75, 3.05) is 0 Å². The number of rotatable bonds is 1. The van der Waals surface area contributed by atoms with Gasteiger partial charge in [0.25, 0.3) is 0 Å². The van der Waals surface area contributed by atoms with Crippen molar-refractivity contribution in [3.8, 4) is 0 Å². The Morgan fingerprint density at radius 2 is 2.00 bits per heavy atom. The van der Waals surface area contributed by atoms with Crippen molar-refractivity contribution in [3.63, 3.8) is 0 Å². The molecule has 0 aromatic carbocycles. The van der Waals surface area contributed by atoms with Crippen LogP contribution >= 0.6 is 0 Å². The Morgan fingerprint density at radius 1 is 1.36 bits per heavy atom. The van der Waals surface area contributed by atoms with Gasteiger partial charge in [0, 0.05) is 11.8 Å². The van der Waals surface area contributed by atoms with Crippen molar-refractivity contribution >= 4 is 0 Å². The molecule has 0 radical (unpaired) electrons. The molecule has 11 heavy (non-hydrogen) atoms. The van der Waals surface area contributed by atoms with Gasteiger partial charge in [-0.05, 0) is 0 Å². The summed E-state index contributed by atoms with van der Waals surface area (Å²) < 4.78 is 4.98. The standard InChI is InChI=1S/C8H14N2O/c1-5-6-9-7(10-11-6)8(2,3)4/h5H2,1-4H3. The predicted molar refractivity (Wildman–Crippen MR) is 42.4 cm³/mol. The highest BCUT2D eigenvalue weighted by Crippen LogP contribution is 2.18. The molecule has 3 nitrogen and oxygen atoms in total. The molecule has 1 rings (SSSR count). The molecule has 0 spiro atoms. The number of aryl methyl sites for hydroxylation is 1. The second-order valence-corrected chi connectivity index (χ2v) is 3.62. The van der Waals surface area contributed by atoms with E-state index in [0.29, 0.717) is 0 Å². The SMILES string of the molecule is CCc1nc(C(C)(C)C)no1. The van der Waals surface area contributed by atoms with Crippen molar-refractivity contribution in [2.24, 2.45) is 0 Å². The highest BCUT2D eigenvalue weighted by Gasteiger charge is 2.19. The van der Waals surface area contributed by atoms with Gasteiger partial charge in [-0.25, -0.2) is 0 Å². The maximum atomic E-state index is 4.98. The zero-order valence-corrected chi connectivity index (χ0v) is 7.51. The van der Waals surface area contributed by atoms with Gasteiger partial charge in [0.05, 0.1) is 0 Å². The van der Waals surface area contributed by atoms with Gasteiger partial charge in [-0.2, -0.15) is 4.98 Å². The van der Waals surface area contributed by atoms with E-state index in [-0.39, 0.29) is 5.41 Å². The topological polar surface area (TPSA) is 38.9 Å². The van der Waals surface area contributed by atoms with Crippen LogP contribution in [0.1, 0.15) is 39.4 Å². The normalized spacial score (nSPS) is 12.0. The molecule has 0 saturated carbocycles. The zero-order valence-electron chi connectivity index (χ0n) is 7.51. The molecule has 0 amide bonds. The van der Waals surface area contributed by atoms with E-state index in [1.807, 2.05) is 6.92 Å². The molecule has 1 aromatic heterocycles. The Morgan fingerprint density at radius 3 is 2.27 bits per heavy atom. The van der Waals surface area contributed by atoms with Gasteiger partial charge in [0.15, 0.2) is 5.82 Å². The summed E-state index contributed by atoms with van der Waals surface area (Å²) in [6.45, 7) is 8.20. The molecule has 0 saturated heterocycles. The monoisotopic (exact) mass is 154 g/mol. The first-order valence-electron chi connectivity index (χ1n) is 3.87. The second kappa shape index (κ2) is 2.64. The molecule has 0 aliphatic heterocycles. The smallest absolute Gasteiger partial charge is 0.226 e. The summed E-state index contributed by atoms with van der Waals surface area (Å²) in [6.07, 6.45) is 0.809. The van der Waals surface area contributed by atoms with Crippen molar-refractivity contribution in [2.45, 2.75) is 39.5 Å². The predicted octanol–water partition coefficient (Wildman–Crippen LogP) is 1.93. The molecule has 1 aromatic rings. The van der Waals surface area contributed by atoms with Gasteiger partial charge in [0.1, 0.15) is 0 Å². The maximum Gasteiger partial charge on any atom is 0.226 e. The highest BCUT2D eigenvalue weighted by atomic mass is 16.5. The second-order valence-electron chi connectivity index (χ2n) is 3.62. The van der Waals surface area contributed by atoms with Gasteiger partial charge in [-0.15, -0.1) is 0 Å². The van der Waals surface area contributed by atoms with E-state index in [4.69, 9.17) is 4.52 Å². The van der Waals surface area contributed by atoms with Crippen LogP contribution in [0, 0.1) is 0 Å². The third-order valence-electron chi connectivity index (χ3n) is 1.44. The van der Waals surface area contributed by atoms with Gasteiger partial charge in [-0.1, -0.05) is 32.9 Å². The molecule has 1 heterocycles. The third kappa shape index (κ3) is 1.79. The van der Waals surface area contributed by atoms with Crippen LogP contribution in [0.5, 0.6) is 0 Å². The van der Waals surface area contributed by atoms with E-state index in [9.17, 15) is 0 Å². The number of nitrogens with zero attached hydrogens (tertiary/aromatic N) is 2. The Hall–Kier alpha value is -0.860. The molecule has 0 fully saturated rings. The molecule has 0 unspecified atom stereocenters. The van der Waals surface area contributed by atoms with Crippen molar-refractivity contribution in [1.29, 1.82) is 0 Å². The molecule has 0 aliphatic carbocycles. The van der Waals surface area contributed by atoms with Crippen molar-refractivity contribution in [3.05, 3.63) is 11.7 Å². The van der Waals surface area contributed by atoms with Crippen LogP contribution in [0.25, 0.3) is 0 Å². The lowest BCUT2D eigenvalue weighted by atomic mass is 9.96. The minimum Gasteiger partial charge on any atom is -0.339 e. The number of hydrogen-bond acceptors (Lipinski definition) is 3. The average Bonchev–Trinajstić information content (AvgIpc) is 2.32. The van der Waals surface area contributed by atoms with Crippen LogP contribution in [0.15, 0.2) is 4.52 Å². The minimum atomic E-state index is -0.00306. The fourth-order valence-corrected chi connectivity index (χ4v) is 0.703. The summed E-state index contributed by atoms with van der Waals surface area (Å²) in [7, 11) is 0. The summed E-state index contributed by atoms with van der Waals surface area (Å²) >= 11 is 0. The summed E-state index contributed by atoms with van der Waals surface area (Å²) in [6, 6.07) is 0. The summed E-state index contributed by atoms with van der Waals surface area (Å²) in [4.78, 5) is 4.22. The largest absolute Gasteiger partial charge is 0.339 e. The van der Waals surface area contributed by atoms with E-state index in [1.54, 1.807) is 0 Å². The van der Waals surface area contributed by atoms with Crippen molar-refractivity contribution < 1.29 is 4.52 Å². The van der Waals surface area contributed by atoms with Crippen LogP contribution in [-0.2, 0) is 11.8 Å². The number of aromatic nitrogens is 2. The van der Waals surface area contributed by atoms with Gasteiger partial charge < -0.3 is 4.52 Å². The van der Waals surface area contributed by atoms with Crippen LogP contribution in [0.2, 0.25) is 0 Å². The average molecular weight is 154 g/mol. The fourth-order valence-electron chi connectivity index (χ4n) is 0.703. The van der Waals surface area contributed by atoms with Gasteiger partial charge >= 0.3 is 0 Å². The first kappa shape index (κ1) is 8.24. The van der Waals surface area contributed by atoms with Crippen LogP contribution < -0.4 is 0 Å². The summed E-state index contributed by atoms with van der Waals surface area (Å²) in [5.41, 5.74) is -0.00306. The molecule has 62 valence electrons. The van der Waals surface area contributed by atoms with E-state index in [0.717, 1.165) is 18.1 Å². The zero-order chi connectivity index (χ0) is 8.48. The highest BCUT2D eigenvalue weighted by molar-refractivity contribution is 4.99. The molecule has 3 heteroatoms. The van der Waals surface area contributed by atoms with E-state index in [2.05, 4.69) is 30.9 Å². The molecular weight excluding hydrogens is 140 g/mol. The molecule has 0 aliphatic rings. The molecule has 0 N–H and O–H groups in total. The Balaban J connectivity index is 2.89. The van der Waals surface area contributed by atoms with E-state index < -0.39 is 0 Å². The van der Waals surface area contributed by atoms with Crippen LogP contribution in [-0.4, -0.2) is 10.1 Å². The Kier molecular flexibility index (Phi) is 1.98. The van der Waals surface area contributed by atoms with Gasteiger partial charge in [-0.3, -0.25) is 0 Å². The lowest BCUT2D eigenvalue weighted by molar-refractivity contribution is 0.366. The first-order chi connectivity index (χ1) is 5.04. The van der Waals surface area contributed by atoms with E-state index in [1.165, 1.54) is 0 Å². The Labute approximate surface area is 66.8 Å². The fraction of sp³-hybridized carbons (Fsp3) is 0.750. The number of hydrogen-bond donors (Lipinski definition) is 0. The third-order valence-corrected chi connectivity index (χ3v) is 1.44. The van der Waals surface area contributed by atoms with Gasteiger partial charge in [0.2, 0.25) is 5.89 Å². The maximum absolute atomic E-state index is 4.98. The lowest BCUT2D eigenvalue weighted by Crippen LogP contribution is -2.13.